The van der Waals surface area contributed by atoms with E-state index in [0.29, 0.717) is 15.9 Å². The van der Waals surface area contributed by atoms with Crippen LogP contribution in [0.2, 0.25) is 0 Å². The molecule has 0 N–H and O–H groups in total. The Morgan fingerprint density at radius 1 is 1.08 bits per heavy atom. The van der Waals surface area contributed by atoms with Crippen LogP contribution in [0.5, 0.6) is 11.5 Å². The molecule has 1 aromatic heterocycles. The molecule has 2 aliphatic rings. The number of thiazole rings is 1. The molecule has 4 aromatic rings. The minimum atomic E-state index is -0.273. The van der Waals surface area contributed by atoms with Crippen LogP contribution in [-0.4, -0.2) is 18.3 Å². The van der Waals surface area contributed by atoms with E-state index in [2.05, 4.69) is 46.3 Å². The third kappa shape index (κ3) is 4.16. The molecule has 1 unspecified atom stereocenters. The van der Waals surface area contributed by atoms with Gasteiger partial charge in [0.2, 0.25) is 0 Å². The monoisotopic (exact) mass is 572 g/mol. The van der Waals surface area contributed by atoms with Crippen molar-refractivity contribution in [1.82, 2.24) is 4.57 Å². The highest BCUT2D eigenvalue weighted by Gasteiger charge is 2.33. The van der Waals surface area contributed by atoms with Crippen molar-refractivity contribution < 1.29 is 9.47 Å². The first-order chi connectivity index (χ1) is 18.1. The standard InChI is InChI=1S/C30H25BrN2O3S/c1-3-36-25-15-12-18(16-23(25)31)17-26-29(34)33-28(21-10-6-7-11-24(21)35-2)22-14-13-19-8-4-5-9-20(19)27(22)32-30(33)37-26/h4-12,15-17,28H,3,13-14H2,1-2H3/b26-17+. The van der Waals surface area contributed by atoms with E-state index in [1.165, 1.54) is 16.9 Å². The van der Waals surface area contributed by atoms with Gasteiger partial charge in [0.05, 0.1) is 34.5 Å². The number of rotatable bonds is 5. The maximum Gasteiger partial charge on any atom is 0.271 e. The number of methoxy groups -OCH3 is 1. The quantitative estimate of drug-likeness (QED) is 0.318. The van der Waals surface area contributed by atoms with Crippen molar-refractivity contribution in [2.75, 3.05) is 13.7 Å². The lowest BCUT2D eigenvalue weighted by Gasteiger charge is -2.31. The largest absolute Gasteiger partial charge is 0.496 e. The molecule has 2 heterocycles. The van der Waals surface area contributed by atoms with E-state index in [4.69, 9.17) is 14.5 Å². The SMILES string of the molecule is CCOc1ccc(/C=c2/sc3n(c2=O)C(c2ccccc2OC)C2=C(N=3)c3ccccc3CC2)cc1Br. The number of ether oxygens (including phenoxy) is 2. The molecular formula is C30H25BrN2O3S. The third-order valence-corrected chi connectivity index (χ3v) is 8.46. The van der Waals surface area contributed by atoms with Crippen LogP contribution in [-0.2, 0) is 6.42 Å². The van der Waals surface area contributed by atoms with Crippen LogP contribution in [0.25, 0.3) is 11.8 Å². The molecule has 0 saturated carbocycles. The van der Waals surface area contributed by atoms with Crippen molar-refractivity contribution >= 4 is 39.0 Å². The third-order valence-electron chi connectivity index (χ3n) is 6.86. The number of hydrogen-bond donors (Lipinski definition) is 0. The molecule has 1 atom stereocenters. The van der Waals surface area contributed by atoms with Gasteiger partial charge in [-0.15, -0.1) is 0 Å². The van der Waals surface area contributed by atoms with Gasteiger partial charge in [-0.2, -0.15) is 0 Å². The smallest absolute Gasteiger partial charge is 0.271 e. The first kappa shape index (κ1) is 23.9. The van der Waals surface area contributed by atoms with Crippen molar-refractivity contribution in [2.24, 2.45) is 4.99 Å². The summed E-state index contributed by atoms with van der Waals surface area (Å²) in [5.41, 5.74) is 6.43. The average molecular weight is 574 g/mol. The summed E-state index contributed by atoms with van der Waals surface area (Å²) in [6.45, 7) is 2.55. The van der Waals surface area contributed by atoms with Crippen LogP contribution >= 0.6 is 27.3 Å². The summed E-state index contributed by atoms with van der Waals surface area (Å²) in [6.07, 6.45) is 3.69. The number of benzene rings is 3. The minimum absolute atomic E-state index is 0.0462. The summed E-state index contributed by atoms with van der Waals surface area (Å²) in [5.74, 6) is 1.55. The maximum absolute atomic E-state index is 14.0. The zero-order chi connectivity index (χ0) is 25.5. The van der Waals surface area contributed by atoms with Gasteiger partial charge in [-0.05, 0) is 76.7 Å². The lowest BCUT2D eigenvalue weighted by atomic mass is 9.83. The summed E-state index contributed by atoms with van der Waals surface area (Å²) < 4.78 is 14.8. The summed E-state index contributed by atoms with van der Waals surface area (Å²) >= 11 is 5.01. The van der Waals surface area contributed by atoms with E-state index in [1.54, 1.807) is 7.11 Å². The molecule has 7 heteroatoms. The molecular weight excluding hydrogens is 548 g/mol. The molecule has 3 aromatic carbocycles. The minimum Gasteiger partial charge on any atom is -0.496 e. The van der Waals surface area contributed by atoms with Gasteiger partial charge >= 0.3 is 0 Å². The van der Waals surface area contributed by atoms with E-state index in [-0.39, 0.29) is 11.6 Å². The van der Waals surface area contributed by atoms with E-state index < -0.39 is 0 Å². The van der Waals surface area contributed by atoms with Crippen LogP contribution in [0.1, 0.15) is 41.6 Å². The van der Waals surface area contributed by atoms with E-state index in [0.717, 1.165) is 56.8 Å². The predicted octanol–water partition coefficient (Wildman–Crippen LogP) is 5.49. The summed E-state index contributed by atoms with van der Waals surface area (Å²) in [4.78, 5) is 19.7. The average Bonchev–Trinajstić information content (AvgIpc) is 3.23. The molecule has 5 nitrogen and oxygen atoms in total. The molecule has 1 aliphatic carbocycles. The lowest BCUT2D eigenvalue weighted by Crippen LogP contribution is -2.39. The van der Waals surface area contributed by atoms with Gasteiger partial charge in [0.15, 0.2) is 4.80 Å². The first-order valence-electron chi connectivity index (χ1n) is 12.3. The molecule has 186 valence electrons. The molecule has 6 rings (SSSR count). The van der Waals surface area contributed by atoms with Crippen LogP contribution in [0.15, 0.2) is 86.6 Å². The van der Waals surface area contributed by atoms with Gasteiger partial charge in [0.25, 0.3) is 5.56 Å². The Morgan fingerprint density at radius 3 is 2.70 bits per heavy atom. The van der Waals surface area contributed by atoms with Gasteiger partial charge in [-0.25, -0.2) is 4.99 Å². The Kier molecular flexibility index (Phi) is 6.34. The number of fused-ring (bicyclic) bond motifs is 3. The lowest BCUT2D eigenvalue weighted by molar-refractivity contribution is 0.338. The fourth-order valence-corrected chi connectivity index (χ4v) is 6.73. The number of para-hydroxylation sites is 1. The van der Waals surface area contributed by atoms with Crippen molar-refractivity contribution in [2.45, 2.75) is 25.8 Å². The highest BCUT2D eigenvalue weighted by atomic mass is 79.9. The van der Waals surface area contributed by atoms with Crippen molar-refractivity contribution in [3.05, 3.63) is 119 Å². The van der Waals surface area contributed by atoms with Crippen LogP contribution in [0, 0.1) is 0 Å². The van der Waals surface area contributed by atoms with Gasteiger partial charge < -0.3 is 9.47 Å². The Labute approximate surface area is 227 Å². The van der Waals surface area contributed by atoms with Crippen molar-refractivity contribution in [3.63, 3.8) is 0 Å². The molecule has 0 saturated heterocycles. The highest BCUT2D eigenvalue weighted by Crippen LogP contribution is 2.43. The van der Waals surface area contributed by atoms with Gasteiger partial charge in [-0.1, -0.05) is 59.9 Å². The Balaban J connectivity index is 1.59. The number of allylic oxidation sites excluding steroid dienone is 1. The number of halogens is 1. The molecule has 0 amide bonds. The fraction of sp³-hybridized carbons (Fsp3) is 0.200. The van der Waals surface area contributed by atoms with Crippen LogP contribution < -0.4 is 24.4 Å². The van der Waals surface area contributed by atoms with E-state index in [1.807, 2.05) is 54.0 Å². The Morgan fingerprint density at radius 2 is 1.89 bits per heavy atom. The fourth-order valence-electron chi connectivity index (χ4n) is 5.22. The second kappa shape index (κ2) is 9.80. The molecule has 1 aliphatic heterocycles. The van der Waals surface area contributed by atoms with Gasteiger partial charge in [-0.3, -0.25) is 9.36 Å². The van der Waals surface area contributed by atoms with Crippen molar-refractivity contribution in [3.8, 4) is 11.5 Å². The molecule has 0 bridgehead atoms. The second-order valence-electron chi connectivity index (χ2n) is 8.98. The predicted molar refractivity (Wildman–Crippen MR) is 151 cm³/mol. The Bertz CT molecular complexity index is 1730. The van der Waals surface area contributed by atoms with Crippen LogP contribution in [0.4, 0.5) is 0 Å². The summed E-state index contributed by atoms with van der Waals surface area (Å²) in [5, 5.41) is 0. The first-order valence-corrected chi connectivity index (χ1v) is 13.9. The number of aryl methyl sites for hydroxylation is 1. The molecule has 37 heavy (non-hydrogen) atoms. The summed E-state index contributed by atoms with van der Waals surface area (Å²) in [7, 11) is 1.68. The van der Waals surface area contributed by atoms with Crippen LogP contribution in [0.3, 0.4) is 0 Å². The maximum atomic E-state index is 14.0. The summed E-state index contributed by atoms with van der Waals surface area (Å²) in [6, 6.07) is 22.0. The normalized spacial score (nSPS) is 16.5. The number of nitrogens with zero attached hydrogens (tertiary/aromatic N) is 2. The Hall–Kier alpha value is -3.42. The topological polar surface area (TPSA) is 52.8 Å². The number of aromatic nitrogens is 1. The molecule has 0 fully saturated rings. The van der Waals surface area contributed by atoms with E-state index >= 15 is 0 Å². The molecule has 0 spiro atoms. The second-order valence-corrected chi connectivity index (χ2v) is 10.8. The zero-order valence-electron chi connectivity index (χ0n) is 20.5. The highest BCUT2D eigenvalue weighted by molar-refractivity contribution is 9.10. The van der Waals surface area contributed by atoms with E-state index in [9.17, 15) is 4.79 Å². The zero-order valence-corrected chi connectivity index (χ0v) is 22.9. The van der Waals surface area contributed by atoms with Crippen molar-refractivity contribution in [1.29, 1.82) is 0 Å². The van der Waals surface area contributed by atoms with Gasteiger partial charge in [0, 0.05) is 11.1 Å². The van der Waals surface area contributed by atoms with Gasteiger partial charge in [0.1, 0.15) is 11.5 Å². The molecule has 0 radical (unpaired) electrons. The number of hydrogen-bond acceptors (Lipinski definition) is 5.